The van der Waals surface area contributed by atoms with Gasteiger partial charge in [0.15, 0.2) is 5.01 Å². The minimum atomic E-state index is -0.212. The fraction of sp³-hybridized carbons (Fsp3) is 0.0357. The second-order valence-corrected chi connectivity index (χ2v) is 9.14. The second-order valence-electron chi connectivity index (χ2n) is 7.90. The molecule has 0 atom stereocenters. The smallest absolute Gasteiger partial charge is 0.284 e. The molecule has 2 N–H and O–H groups in total. The van der Waals surface area contributed by atoms with Crippen LogP contribution >= 0.6 is 11.3 Å². The third-order valence-electron chi connectivity index (χ3n) is 5.46. The van der Waals surface area contributed by atoms with Gasteiger partial charge in [0.2, 0.25) is 0 Å². The van der Waals surface area contributed by atoms with E-state index in [0.29, 0.717) is 10.7 Å². The van der Waals surface area contributed by atoms with E-state index in [1.165, 1.54) is 11.3 Å². The molecule has 5 nitrogen and oxygen atoms in total. The monoisotopic (exact) mass is 462 g/mol. The third-order valence-corrected chi connectivity index (χ3v) is 6.37. The van der Waals surface area contributed by atoms with E-state index >= 15 is 0 Å². The minimum absolute atomic E-state index is 0.212. The van der Waals surface area contributed by atoms with Crippen LogP contribution in [-0.2, 0) is 0 Å². The van der Waals surface area contributed by atoms with Crippen molar-refractivity contribution >= 4 is 51.6 Å². The van der Waals surface area contributed by atoms with E-state index in [9.17, 15) is 4.79 Å². The molecular formula is C28H22N4OS. The molecule has 5 rings (SSSR count). The maximum absolute atomic E-state index is 12.5. The fourth-order valence-electron chi connectivity index (χ4n) is 3.69. The average Bonchev–Trinajstić information content (AvgIpc) is 3.49. The van der Waals surface area contributed by atoms with Crippen molar-refractivity contribution in [1.29, 1.82) is 0 Å². The van der Waals surface area contributed by atoms with E-state index in [4.69, 9.17) is 0 Å². The van der Waals surface area contributed by atoms with Gasteiger partial charge in [-0.3, -0.25) is 9.89 Å². The molecule has 6 heteroatoms. The van der Waals surface area contributed by atoms with E-state index in [2.05, 4.69) is 51.4 Å². The molecule has 0 fully saturated rings. The molecule has 34 heavy (non-hydrogen) atoms. The van der Waals surface area contributed by atoms with Crippen molar-refractivity contribution in [3.8, 4) is 0 Å². The van der Waals surface area contributed by atoms with E-state index < -0.39 is 0 Å². The number of carbonyl (C=O) groups excluding carboxylic acids is 1. The molecule has 0 aliphatic carbocycles. The molecule has 0 unspecified atom stereocenters. The Morgan fingerprint density at radius 2 is 1.82 bits per heavy atom. The third kappa shape index (κ3) is 4.58. The number of thiazole rings is 1. The number of hydrogen-bond donors (Lipinski definition) is 2. The summed E-state index contributed by atoms with van der Waals surface area (Å²) < 4.78 is 0. The molecule has 5 aromatic rings. The van der Waals surface area contributed by atoms with Gasteiger partial charge >= 0.3 is 0 Å². The number of H-pyrrole nitrogens is 1. The van der Waals surface area contributed by atoms with Gasteiger partial charge in [-0.05, 0) is 59.5 Å². The molecule has 0 aliphatic rings. The average molecular weight is 463 g/mol. The quantitative estimate of drug-likeness (QED) is 0.291. The van der Waals surface area contributed by atoms with Crippen molar-refractivity contribution in [2.45, 2.75) is 6.92 Å². The number of anilines is 1. The standard InChI is InChI=1S/C28H22N4OS/c1-18-17-29-28(34-18)27(33)30-23-10-6-9-21(15-23)19(2)22-12-13-24-25(31-32-26(24)16-22)14-11-20-7-4-3-5-8-20/h3-17H,2H2,1H3,(H,30,33)(H,31,32)/b14-11+. The van der Waals surface area contributed by atoms with Crippen LogP contribution in [0.25, 0.3) is 28.6 Å². The topological polar surface area (TPSA) is 70.7 Å². The summed E-state index contributed by atoms with van der Waals surface area (Å²) in [4.78, 5) is 17.6. The first-order chi connectivity index (χ1) is 16.6. The van der Waals surface area contributed by atoms with Gasteiger partial charge in [0.1, 0.15) is 0 Å². The van der Waals surface area contributed by atoms with Crippen LogP contribution < -0.4 is 5.32 Å². The number of carbonyl (C=O) groups is 1. The van der Waals surface area contributed by atoms with Gasteiger partial charge in [-0.1, -0.05) is 61.2 Å². The predicted octanol–water partition coefficient (Wildman–Crippen LogP) is 6.81. The first kappa shape index (κ1) is 21.6. The lowest BCUT2D eigenvalue weighted by molar-refractivity contribution is 0.102. The molecule has 2 aromatic heterocycles. The van der Waals surface area contributed by atoms with Crippen LogP contribution in [-0.4, -0.2) is 21.1 Å². The first-order valence-electron chi connectivity index (χ1n) is 10.8. The number of rotatable bonds is 6. The van der Waals surface area contributed by atoms with Crippen LogP contribution in [0.1, 0.15) is 37.1 Å². The van der Waals surface area contributed by atoms with Crippen molar-refractivity contribution in [3.05, 3.63) is 118 Å². The van der Waals surface area contributed by atoms with E-state index in [-0.39, 0.29) is 5.91 Å². The molecule has 166 valence electrons. The molecule has 1 amide bonds. The molecule has 2 heterocycles. The largest absolute Gasteiger partial charge is 0.320 e. The highest BCUT2D eigenvalue weighted by molar-refractivity contribution is 7.13. The SMILES string of the molecule is C=C(c1cccc(NC(=O)c2ncc(C)s2)c1)c1ccc2c(/C=C/c3ccccc3)n[nH]c2c1. The summed E-state index contributed by atoms with van der Waals surface area (Å²) in [6.45, 7) is 6.22. The van der Waals surface area contributed by atoms with Crippen LogP contribution in [0.15, 0.2) is 85.6 Å². The maximum atomic E-state index is 12.5. The number of fused-ring (bicyclic) bond motifs is 1. The Balaban J connectivity index is 1.36. The Labute approximate surface area is 201 Å². The van der Waals surface area contributed by atoms with Crippen molar-refractivity contribution in [2.75, 3.05) is 5.32 Å². The summed E-state index contributed by atoms with van der Waals surface area (Å²) in [6.07, 6.45) is 5.76. The Kier molecular flexibility index (Phi) is 5.89. The molecule has 0 radical (unpaired) electrons. The molecule has 3 aromatic carbocycles. The normalized spacial score (nSPS) is 11.2. The van der Waals surface area contributed by atoms with E-state index in [1.807, 2.05) is 67.6 Å². The molecular weight excluding hydrogens is 440 g/mol. The Morgan fingerprint density at radius 3 is 2.62 bits per heavy atom. The lowest BCUT2D eigenvalue weighted by atomic mass is 9.98. The number of aryl methyl sites for hydroxylation is 1. The summed E-state index contributed by atoms with van der Waals surface area (Å²) >= 11 is 1.37. The van der Waals surface area contributed by atoms with Gasteiger partial charge in [-0.2, -0.15) is 5.10 Å². The fourth-order valence-corrected chi connectivity index (χ4v) is 4.35. The van der Waals surface area contributed by atoms with Crippen LogP contribution in [0.4, 0.5) is 5.69 Å². The summed E-state index contributed by atoms with van der Waals surface area (Å²) in [6, 6.07) is 24.0. The van der Waals surface area contributed by atoms with E-state index in [0.717, 1.165) is 43.7 Å². The Morgan fingerprint density at radius 1 is 1.00 bits per heavy atom. The highest BCUT2D eigenvalue weighted by Gasteiger charge is 2.12. The zero-order valence-corrected chi connectivity index (χ0v) is 19.4. The van der Waals surface area contributed by atoms with Crippen LogP contribution in [0, 0.1) is 6.92 Å². The Hall–Kier alpha value is -4.29. The van der Waals surface area contributed by atoms with Gasteiger partial charge in [-0.15, -0.1) is 11.3 Å². The molecule has 0 aliphatic heterocycles. The zero-order valence-electron chi connectivity index (χ0n) is 18.6. The number of benzene rings is 3. The lowest BCUT2D eigenvalue weighted by Crippen LogP contribution is -2.11. The first-order valence-corrected chi connectivity index (χ1v) is 11.6. The van der Waals surface area contributed by atoms with Crippen molar-refractivity contribution in [1.82, 2.24) is 15.2 Å². The van der Waals surface area contributed by atoms with Gasteiger partial charge in [0.05, 0.1) is 11.2 Å². The number of aromatic nitrogens is 3. The highest BCUT2D eigenvalue weighted by atomic mass is 32.1. The number of amides is 1. The lowest BCUT2D eigenvalue weighted by Gasteiger charge is -2.09. The highest BCUT2D eigenvalue weighted by Crippen LogP contribution is 2.28. The number of aromatic amines is 1. The molecule has 0 saturated heterocycles. The summed E-state index contributed by atoms with van der Waals surface area (Å²) in [5.74, 6) is -0.212. The minimum Gasteiger partial charge on any atom is -0.320 e. The van der Waals surface area contributed by atoms with Gasteiger partial charge in [0.25, 0.3) is 5.91 Å². The van der Waals surface area contributed by atoms with Gasteiger partial charge < -0.3 is 5.32 Å². The summed E-state index contributed by atoms with van der Waals surface area (Å²) in [7, 11) is 0. The van der Waals surface area contributed by atoms with Crippen LogP contribution in [0.3, 0.4) is 0 Å². The van der Waals surface area contributed by atoms with Crippen LogP contribution in [0.2, 0.25) is 0 Å². The van der Waals surface area contributed by atoms with E-state index in [1.54, 1.807) is 6.20 Å². The predicted molar refractivity (Wildman–Crippen MR) is 141 cm³/mol. The molecule has 0 bridgehead atoms. The summed E-state index contributed by atoms with van der Waals surface area (Å²) in [5.41, 5.74) is 6.42. The molecule has 0 saturated carbocycles. The number of nitrogens with zero attached hydrogens (tertiary/aromatic N) is 2. The number of hydrogen-bond acceptors (Lipinski definition) is 4. The van der Waals surface area contributed by atoms with Gasteiger partial charge in [0, 0.05) is 22.1 Å². The summed E-state index contributed by atoms with van der Waals surface area (Å²) in [5, 5.41) is 12.0. The van der Waals surface area contributed by atoms with Crippen molar-refractivity contribution in [2.24, 2.45) is 0 Å². The van der Waals surface area contributed by atoms with Gasteiger partial charge in [-0.25, -0.2) is 4.98 Å². The maximum Gasteiger partial charge on any atom is 0.284 e. The Bertz CT molecular complexity index is 1530. The second kappa shape index (κ2) is 9.29. The van der Waals surface area contributed by atoms with Crippen molar-refractivity contribution < 1.29 is 4.79 Å². The zero-order chi connectivity index (χ0) is 23.5. The van der Waals surface area contributed by atoms with Crippen molar-refractivity contribution in [3.63, 3.8) is 0 Å². The van der Waals surface area contributed by atoms with Crippen LogP contribution in [0.5, 0.6) is 0 Å². The molecule has 0 spiro atoms. The number of nitrogens with one attached hydrogen (secondary N) is 2.